The maximum absolute atomic E-state index is 10.7. The monoisotopic (exact) mass is 201 g/mol. The normalized spacial score (nSPS) is 17.1. The van der Waals surface area contributed by atoms with Crippen molar-refractivity contribution in [1.82, 2.24) is 0 Å². The second-order valence-corrected chi connectivity index (χ2v) is 3.21. The lowest BCUT2D eigenvalue weighted by atomic mass is 10.2. The minimum Gasteiger partial charge on any atom is -0.405 e. The summed E-state index contributed by atoms with van der Waals surface area (Å²) in [6.45, 7) is 0.636. The van der Waals surface area contributed by atoms with Gasteiger partial charge in [-0.2, -0.15) is 0 Å². The number of hydrogen-bond donors (Lipinski definition) is 0. The molecule has 1 aliphatic rings. The minimum atomic E-state index is -0.339. The molecule has 0 bridgehead atoms. The average Bonchev–Trinajstić information content (AvgIpc) is 2.66. The van der Waals surface area contributed by atoms with Crippen LogP contribution < -0.4 is 0 Å². The van der Waals surface area contributed by atoms with Crippen LogP contribution in [0.1, 0.15) is 5.56 Å². The molecule has 0 N–H and O–H groups in total. The van der Waals surface area contributed by atoms with E-state index in [9.17, 15) is 4.79 Å². The Labute approximate surface area is 88.1 Å². The first-order valence-electron chi connectivity index (χ1n) is 4.83. The van der Waals surface area contributed by atoms with Gasteiger partial charge < -0.3 is 4.74 Å². The highest BCUT2D eigenvalue weighted by molar-refractivity contribution is 6.07. The number of benzene rings is 1. The van der Waals surface area contributed by atoms with Gasteiger partial charge in [0, 0.05) is 18.7 Å². The molecule has 1 aliphatic heterocycles. The fraction of sp³-hybridized carbons (Fsp3) is 0.167. The molecule has 15 heavy (non-hydrogen) atoms. The van der Waals surface area contributed by atoms with Crippen molar-refractivity contribution in [2.45, 2.75) is 6.42 Å². The molecule has 76 valence electrons. The maximum Gasteiger partial charge on any atom is 0.337 e. The Morgan fingerprint density at radius 2 is 1.93 bits per heavy atom. The summed E-state index contributed by atoms with van der Waals surface area (Å²) in [6.07, 6.45) is 3.82. The molecule has 1 heterocycles. The molecular formula is C12H11NO2. The van der Waals surface area contributed by atoms with Gasteiger partial charge in [0.25, 0.3) is 0 Å². The zero-order valence-corrected chi connectivity index (χ0v) is 8.22. The van der Waals surface area contributed by atoms with Crippen LogP contribution in [0.3, 0.4) is 0 Å². The van der Waals surface area contributed by atoms with E-state index in [1.165, 1.54) is 11.6 Å². The first-order chi connectivity index (χ1) is 7.34. The zero-order chi connectivity index (χ0) is 10.5. The Balaban J connectivity index is 1.85. The SMILES string of the molecule is O=C1C=CC(=NCCc2ccccc2)O1. The van der Waals surface area contributed by atoms with Crippen molar-refractivity contribution in [1.29, 1.82) is 0 Å². The standard InChI is InChI=1S/C12H11NO2/c14-12-7-6-11(15-12)13-9-8-10-4-2-1-3-5-10/h1-7H,8-9H2. The first kappa shape index (κ1) is 9.65. The summed E-state index contributed by atoms with van der Waals surface area (Å²) in [6, 6.07) is 10.1. The summed E-state index contributed by atoms with van der Waals surface area (Å²) in [5.41, 5.74) is 1.23. The Morgan fingerprint density at radius 1 is 1.13 bits per heavy atom. The third-order valence-corrected chi connectivity index (χ3v) is 2.08. The third kappa shape index (κ3) is 2.77. The summed E-state index contributed by atoms with van der Waals surface area (Å²) in [5.74, 6) is 0.0735. The lowest BCUT2D eigenvalue weighted by molar-refractivity contribution is -0.129. The number of rotatable bonds is 3. The number of carbonyl (C=O) groups excluding carboxylic acids is 1. The van der Waals surface area contributed by atoms with E-state index in [1.807, 2.05) is 18.2 Å². The van der Waals surface area contributed by atoms with E-state index in [-0.39, 0.29) is 5.97 Å². The van der Waals surface area contributed by atoms with E-state index in [0.717, 1.165) is 6.42 Å². The quantitative estimate of drug-likeness (QED) is 0.699. The number of carbonyl (C=O) groups is 1. The highest BCUT2D eigenvalue weighted by Gasteiger charge is 2.09. The van der Waals surface area contributed by atoms with Crippen LogP contribution in [0, 0.1) is 0 Å². The van der Waals surface area contributed by atoms with Crippen LogP contribution in [-0.2, 0) is 16.0 Å². The third-order valence-electron chi connectivity index (χ3n) is 2.08. The molecule has 0 fully saturated rings. The van der Waals surface area contributed by atoms with Gasteiger partial charge in [-0.05, 0) is 12.0 Å². The highest BCUT2D eigenvalue weighted by Crippen LogP contribution is 2.02. The molecule has 0 saturated heterocycles. The topological polar surface area (TPSA) is 38.7 Å². The van der Waals surface area contributed by atoms with Crippen LogP contribution in [0.2, 0.25) is 0 Å². The second-order valence-electron chi connectivity index (χ2n) is 3.21. The Bertz CT molecular complexity index is 407. The van der Waals surface area contributed by atoms with Gasteiger partial charge in [0.15, 0.2) is 0 Å². The van der Waals surface area contributed by atoms with Gasteiger partial charge in [-0.1, -0.05) is 30.3 Å². The average molecular weight is 201 g/mol. The first-order valence-corrected chi connectivity index (χ1v) is 4.83. The largest absolute Gasteiger partial charge is 0.405 e. The van der Waals surface area contributed by atoms with E-state index < -0.39 is 0 Å². The molecule has 1 aromatic rings. The van der Waals surface area contributed by atoms with Crippen LogP contribution in [0.25, 0.3) is 0 Å². The van der Waals surface area contributed by atoms with E-state index in [2.05, 4.69) is 17.1 Å². The lowest BCUT2D eigenvalue weighted by Crippen LogP contribution is -2.01. The summed E-state index contributed by atoms with van der Waals surface area (Å²) < 4.78 is 4.80. The number of aliphatic imine (C=N–C) groups is 1. The Morgan fingerprint density at radius 3 is 2.60 bits per heavy atom. The molecule has 0 amide bonds. The summed E-state index contributed by atoms with van der Waals surface area (Å²) in [4.78, 5) is 14.9. The number of hydrogen-bond acceptors (Lipinski definition) is 3. The molecule has 0 saturated carbocycles. The van der Waals surface area contributed by atoms with Crippen molar-refractivity contribution in [2.24, 2.45) is 4.99 Å². The van der Waals surface area contributed by atoms with Gasteiger partial charge in [-0.15, -0.1) is 0 Å². The molecule has 0 aromatic heterocycles. The van der Waals surface area contributed by atoms with E-state index in [4.69, 9.17) is 4.74 Å². The molecular weight excluding hydrogens is 190 g/mol. The fourth-order valence-corrected chi connectivity index (χ4v) is 1.34. The van der Waals surface area contributed by atoms with Gasteiger partial charge in [-0.25, -0.2) is 4.79 Å². The number of esters is 1. The van der Waals surface area contributed by atoms with E-state index in [0.29, 0.717) is 12.4 Å². The Kier molecular flexibility index (Phi) is 2.93. The van der Waals surface area contributed by atoms with Crippen molar-refractivity contribution in [3.05, 3.63) is 48.0 Å². The molecule has 3 heteroatoms. The number of nitrogens with zero attached hydrogens (tertiary/aromatic N) is 1. The van der Waals surface area contributed by atoms with Crippen molar-refractivity contribution in [2.75, 3.05) is 6.54 Å². The molecule has 0 atom stereocenters. The summed E-state index contributed by atoms with van der Waals surface area (Å²) in [5, 5.41) is 0. The molecule has 2 rings (SSSR count). The Hall–Kier alpha value is -1.90. The maximum atomic E-state index is 10.7. The smallest absolute Gasteiger partial charge is 0.337 e. The lowest BCUT2D eigenvalue weighted by Gasteiger charge is -1.98. The minimum absolute atomic E-state index is 0.339. The van der Waals surface area contributed by atoms with Crippen LogP contribution in [0.4, 0.5) is 0 Å². The zero-order valence-electron chi connectivity index (χ0n) is 8.22. The summed E-state index contributed by atoms with van der Waals surface area (Å²) in [7, 11) is 0. The molecule has 1 aromatic carbocycles. The predicted molar refractivity (Wildman–Crippen MR) is 57.7 cm³/mol. The van der Waals surface area contributed by atoms with Crippen LogP contribution in [0.5, 0.6) is 0 Å². The van der Waals surface area contributed by atoms with Gasteiger partial charge in [0.2, 0.25) is 5.90 Å². The van der Waals surface area contributed by atoms with Gasteiger partial charge in [0.1, 0.15) is 0 Å². The van der Waals surface area contributed by atoms with Gasteiger partial charge in [0.05, 0.1) is 0 Å². The van der Waals surface area contributed by atoms with Crippen molar-refractivity contribution in [3.63, 3.8) is 0 Å². The van der Waals surface area contributed by atoms with Crippen LogP contribution in [-0.4, -0.2) is 18.4 Å². The highest BCUT2D eigenvalue weighted by atomic mass is 16.5. The van der Waals surface area contributed by atoms with Crippen molar-refractivity contribution in [3.8, 4) is 0 Å². The van der Waals surface area contributed by atoms with Crippen LogP contribution >= 0.6 is 0 Å². The van der Waals surface area contributed by atoms with Gasteiger partial charge in [-0.3, -0.25) is 4.99 Å². The summed E-state index contributed by atoms with van der Waals surface area (Å²) >= 11 is 0. The number of ether oxygens (including phenoxy) is 1. The fourth-order valence-electron chi connectivity index (χ4n) is 1.34. The molecule has 0 radical (unpaired) electrons. The van der Waals surface area contributed by atoms with Crippen molar-refractivity contribution < 1.29 is 9.53 Å². The molecule has 0 spiro atoms. The van der Waals surface area contributed by atoms with Crippen molar-refractivity contribution >= 4 is 11.9 Å². The van der Waals surface area contributed by atoms with E-state index >= 15 is 0 Å². The second kappa shape index (κ2) is 4.55. The van der Waals surface area contributed by atoms with E-state index in [1.54, 1.807) is 6.08 Å². The number of cyclic esters (lactones) is 1. The molecule has 3 nitrogen and oxygen atoms in total. The molecule has 0 aliphatic carbocycles. The van der Waals surface area contributed by atoms with Gasteiger partial charge >= 0.3 is 5.97 Å². The molecule has 0 unspecified atom stereocenters. The predicted octanol–water partition coefficient (Wildman–Crippen LogP) is 1.74. The van der Waals surface area contributed by atoms with Crippen LogP contribution in [0.15, 0.2) is 47.5 Å².